The van der Waals surface area contributed by atoms with Crippen molar-refractivity contribution in [3.63, 3.8) is 0 Å². The van der Waals surface area contributed by atoms with Crippen LogP contribution in [0.3, 0.4) is 0 Å². The van der Waals surface area contributed by atoms with Crippen LogP contribution in [0.4, 0.5) is 0 Å². The van der Waals surface area contributed by atoms with Crippen molar-refractivity contribution < 1.29 is 21.9 Å². The monoisotopic (exact) mass is 421 g/mol. The van der Waals surface area contributed by atoms with Gasteiger partial charge in [-0.05, 0) is 98.2 Å². The molecule has 4 aliphatic carbocycles. The molecule has 0 amide bonds. The van der Waals surface area contributed by atoms with Crippen molar-refractivity contribution in [2.45, 2.75) is 104 Å². The van der Waals surface area contributed by atoms with Gasteiger partial charge in [0.05, 0.1) is 12.0 Å². The van der Waals surface area contributed by atoms with E-state index in [1.54, 1.807) is 0 Å². The summed E-state index contributed by atoms with van der Waals surface area (Å²) in [6.07, 6.45) is 9.02. The molecule has 4 rings (SSSR count). The minimum absolute atomic E-state index is 0.0423. The summed E-state index contributed by atoms with van der Waals surface area (Å²) in [5.41, 5.74) is 1.89. The van der Waals surface area contributed by atoms with E-state index in [9.17, 15) is 15.0 Å². The topological polar surface area (TPSA) is 57.5 Å². The van der Waals surface area contributed by atoms with Crippen molar-refractivity contribution in [1.29, 1.82) is 0 Å². The third-order valence-corrected chi connectivity index (χ3v) is 10.0. The summed E-state index contributed by atoms with van der Waals surface area (Å²) in [4.78, 5) is 11.6. The number of aliphatic hydroxyl groups excluding tert-OH is 1. The van der Waals surface area contributed by atoms with Crippen molar-refractivity contribution >= 4 is 5.97 Å². The first kappa shape index (κ1) is 16.8. The summed E-state index contributed by atoms with van der Waals surface area (Å²) in [6, 6.07) is 0. The molecule has 0 aromatic carbocycles. The Morgan fingerprint density at radius 2 is 2.07 bits per heavy atom. The van der Waals surface area contributed by atoms with E-state index >= 15 is 0 Å². The first-order chi connectivity index (χ1) is 16.1. The lowest BCUT2D eigenvalue weighted by Crippen LogP contribution is -2.50. The van der Waals surface area contributed by atoms with Gasteiger partial charge in [0.1, 0.15) is 0 Å². The average molecular weight is 422 g/mol. The van der Waals surface area contributed by atoms with Gasteiger partial charge in [-0.15, -0.1) is 0 Å². The van der Waals surface area contributed by atoms with Gasteiger partial charge in [-0.3, -0.25) is 4.79 Å². The van der Waals surface area contributed by atoms with E-state index in [-0.39, 0.29) is 29.3 Å². The molecule has 0 spiro atoms. The highest BCUT2D eigenvalue weighted by atomic mass is 16.4. The van der Waals surface area contributed by atoms with Crippen LogP contribution in [-0.2, 0) is 4.79 Å². The standard InChI is InChI=1S/C27H44O3/c1-17(6-5-7-18(2)25(29)30)22-10-11-23-21-9-8-19-16-20(28)12-14-26(19,3)24(21)13-15-27(22,23)4/h8,17-18,20-24,28H,5-7,9-16H2,1-4H3,(H,29,30)/t17-,18?,20+,21+,22-,23+,24+,26+,27-/m1/s1/i2D3,7D2. The molecule has 0 heterocycles. The number of aliphatic hydroxyl groups is 1. The molecule has 0 aromatic heterocycles. The van der Waals surface area contributed by atoms with Crippen molar-refractivity contribution in [2.24, 2.45) is 46.3 Å². The second-order valence-electron chi connectivity index (χ2n) is 11.4. The maximum absolute atomic E-state index is 11.6. The zero-order chi connectivity index (χ0) is 26.0. The van der Waals surface area contributed by atoms with E-state index in [1.165, 1.54) is 24.8 Å². The summed E-state index contributed by atoms with van der Waals surface area (Å²) in [5.74, 6) is -0.935. The third-order valence-electron chi connectivity index (χ3n) is 10.0. The number of hydrogen-bond donors (Lipinski definition) is 2. The fourth-order valence-electron chi connectivity index (χ4n) is 8.36. The SMILES string of the molecule is [2H]C([2H])([2H])C(C(=O)O)C([2H])([2H])CC[C@@H](C)[C@H]1CC[C@H]2[C@@H]3CC=C4C[C@@H](O)CC[C@]4(C)[C@H]3CC[C@]12C. The van der Waals surface area contributed by atoms with Gasteiger partial charge in [-0.25, -0.2) is 0 Å². The smallest absolute Gasteiger partial charge is 0.306 e. The second-order valence-corrected chi connectivity index (χ2v) is 11.4. The first-order valence-corrected chi connectivity index (χ1v) is 12.2. The molecule has 0 radical (unpaired) electrons. The summed E-state index contributed by atoms with van der Waals surface area (Å²) in [7, 11) is 0. The van der Waals surface area contributed by atoms with Crippen LogP contribution in [-0.4, -0.2) is 22.3 Å². The molecule has 0 bridgehead atoms. The molecule has 3 fully saturated rings. The number of fused-ring (bicyclic) bond motifs is 5. The average Bonchev–Trinajstić information content (AvgIpc) is 3.08. The Labute approximate surface area is 190 Å². The molecule has 0 aliphatic heterocycles. The van der Waals surface area contributed by atoms with Gasteiger partial charge in [0.15, 0.2) is 0 Å². The number of carboxylic acid groups (broad SMARTS) is 1. The highest BCUT2D eigenvalue weighted by Gasteiger charge is 2.59. The lowest BCUT2D eigenvalue weighted by molar-refractivity contribution is -0.141. The molecule has 3 saturated carbocycles. The summed E-state index contributed by atoms with van der Waals surface area (Å²) < 4.78 is 39.3. The Morgan fingerprint density at radius 1 is 1.27 bits per heavy atom. The predicted octanol–water partition coefficient (Wildman–Crippen LogP) is 6.45. The van der Waals surface area contributed by atoms with Crippen molar-refractivity contribution in [3.8, 4) is 0 Å². The maximum atomic E-state index is 11.6. The fraction of sp³-hybridized carbons (Fsp3) is 0.889. The quantitative estimate of drug-likeness (QED) is 0.484. The van der Waals surface area contributed by atoms with Gasteiger partial charge in [-0.1, -0.05) is 52.1 Å². The van der Waals surface area contributed by atoms with E-state index in [0.717, 1.165) is 32.1 Å². The number of allylic oxidation sites excluding steroid dienone is 1. The molecule has 4 aliphatic rings. The van der Waals surface area contributed by atoms with Crippen LogP contribution in [0.1, 0.15) is 105 Å². The highest BCUT2D eigenvalue weighted by Crippen LogP contribution is 2.67. The Morgan fingerprint density at radius 3 is 2.80 bits per heavy atom. The minimum atomic E-state index is -2.86. The number of carbonyl (C=O) groups is 1. The van der Waals surface area contributed by atoms with Crippen molar-refractivity contribution in [3.05, 3.63) is 11.6 Å². The van der Waals surface area contributed by atoms with Crippen LogP contribution >= 0.6 is 0 Å². The van der Waals surface area contributed by atoms with Crippen LogP contribution < -0.4 is 0 Å². The molecule has 0 saturated heterocycles. The van der Waals surface area contributed by atoms with Crippen LogP contribution in [0.5, 0.6) is 0 Å². The van der Waals surface area contributed by atoms with Crippen LogP contribution in [0.15, 0.2) is 11.6 Å². The Hall–Kier alpha value is -0.830. The van der Waals surface area contributed by atoms with Crippen molar-refractivity contribution in [2.75, 3.05) is 0 Å². The molecule has 30 heavy (non-hydrogen) atoms. The Kier molecular flexibility index (Phi) is 4.61. The Balaban J connectivity index is 1.47. The van der Waals surface area contributed by atoms with Gasteiger partial charge in [0, 0.05) is 6.85 Å². The van der Waals surface area contributed by atoms with E-state index in [1.807, 2.05) is 0 Å². The van der Waals surface area contributed by atoms with E-state index < -0.39 is 25.1 Å². The van der Waals surface area contributed by atoms with Crippen LogP contribution in [0.2, 0.25) is 0 Å². The number of rotatable bonds is 6. The lowest BCUT2D eigenvalue weighted by atomic mass is 9.47. The molecule has 3 nitrogen and oxygen atoms in total. The Bertz CT molecular complexity index is 854. The summed E-state index contributed by atoms with van der Waals surface area (Å²) >= 11 is 0. The normalized spacial score (nSPS) is 48.3. The molecule has 9 atom stereocenters. The van der Waals surface area contributed by atoms with Gasteiger partial charge >= 0.3 is 5.97 Å². The van der Waals surface area contributed by atoms with Gasteiger partial charge in [0.25, 0.3) is 0 Å². The molecule has 3 heteroatoms. The molecule has 0 aromatic rings. The van der Waals surface area contributed by atoms with Gasteiger partial charge in [-0.2, -0.15) is 0 Å². The first-order valence-electron chi connectivity index (χ1n) is 14.7. The van der Waals surface area contributed by atoms with E-state index in [4.69, 9.17) is 6.85 Å². The number of hydrogen-bond acceptors (Lipinski definition) is 2. The maximum Gasteiger partial charge on any atom is 0.306 e. The minimum Gasteiger partial charge on any atom is -0.481 e. The molecule has 1 unspecified atom stereocenters. The van der Waals surface area contributed by atoms with Crippen LogP contribution in [0.25, 0.3) is 0 Å². The fourth-order valence-corrected chi connectivity index (χ4v) is 8.36. The summed E-state index contributed by atoms with van der Waals surface area (Å²) in [5, 5.41) is 19.7. The molecule has 2 N–H and O–H groups in total. The molecular formula is C27H44O3. The van der Waals surface area contributed by atoms with Gasteiger partial charge in [0.2, 0.25) is 0 Å². The largest absolute Gasteiger partial charge is 0.481 e. The van der Waals surface area contributed by atoms with E-state index in [2.05, 4.69) is 26.8 Å². The third kappa shape index (κ3) is 3.67. The molecular weight excluding hydrogens is 372 g/mol. The second kappa shape index (κ2) is 8.26. The molecule has 170 valence electrons. The van der Waals surface area contributed by atoms with Gasteiger partial charge < -0.3 is 10.2 Å². The number of aliphatic carboxylic acids is 1. The highest BCUT2D eigenvalue weighted by molar-refractivity contribution is 5.69. The zero-order valence-corrected chi connectivity index (χ0v) is 19.0. The van der Waals surface area contributed by atoms with Crippen molar-refractivity contribution in [1.82, 2.24) is 0 Å². The number of carboxylic acids is 1. The van der Waals surface area contributed by atoms with E-state index in [0.29, 0.717) is 30.1 Å². The summed E-state index contributed by atoms with van der Waals surface area (Å²) in [6.45, 7) is 4.17. The lowest BCUT2D eigenvalue weighted by Gasteiger charge is -2.58. The van der Waals surface area contributed by atoms with Crippen LogP contribution in [0, 0.1) is 46.3 Å². The predicted molar refractivity (Wildman–Crippen MR) is 121 cm³/mol. The zero-order valence-electron chi connectivity index (χ0n) is 24.0.